The van der Waals surface area contributed by atoms with E-state index in [4.69, 9.17) is 9.47 Å². The highest BCUT2D eigenvalue weighted by Gasteiger charge is 2.60. The minimum absolute atomic E-state index is 0.0894. The summed E-state index contributed by atoms with van der Waals surface area (Å²) in [5, 5.41) is 0. The molecule has 2 aliphatic rings. The molecule has 8 nitrogen and oxygen atoms in total. The summed E-state index contributed by atoms with van der Waals surface area (Å²) in [5.41, 5.74) is 1.23. The number of ether oxygens (including phenoxy) is 2. The van der Waals surface area contributed by atoms with E-state index >= 15 is 0 Å². The van der Waals surface area contributed by atoms with Crippen molar-refractivity contribution in [3.63, 3.8) is 0 Å². The van der Waals surface area contributed by atoms with Gasteiger partial charge in [-0.2, -0.15) is 0 Å². The van der Waals surface area contributed by atoms with Gasteiger partial charge in [-0.15, -0.1) is 0 Å². The molecule has 0 spiro atoms. The van der Waals surface area contributed by atoms with Crippen LogP contribution in [0.5, 0.6) is 0 Å². The second-order valence-corrected chi connectivity index (χ2v) is 10.3. The van der Waals surface area contributed by atoms with Crippen molar-refractivity contribution in [2.75, 3.05) is 17.5 Å². The molecule has 1 unspecified atom stereocenters. The monoisotopic (exact) mass is 534 g/mol. The van der Waals surface area contributed by atoms with Gasteiger partial charge in [-0.05, 0) is 49.8 Å². The van der Waals surface area contributed by atoms with E-state index in [1.807, 2.05) is 0 Å². The van der Waals surface area contributed by atoms with Gasteiger partial charge < -0.3 is 9.47 Å². The van der Waals surface area contributed by atoms with Gasteiger partial charge in [0, 0.05) is 10.0 Å². The van der Waals surface area contributed by atoms with Gasteiger partial charge in [-0.1, -0.05) is 40.7 Å². The second kappa shape index (κ2) is 8.83. The summed E-state index contributed by atoms with van der Waals surface area (Å²) in [6, 6.07) is 10.3. The fraction of sp³-hybridized carbons (Fsp3) is 0.304. The summed E-state index contributed by atoms with van der Waals surface area (Å²) in [7, 11) is -4.05. The number of hydrogen-bond acceptors (Lipinski definition) is 6. The molecule has 2 aliphatic heterocycles. The number of fused-ring (bicyclic) bond motifs is 3. The highest BCUT2D eigenvalue weighted by Crippen LogP contribution is 2.54. The van der Waals surface area contributed by atoms with Crippen LogP contribution in [0.4, 0.5) is 10.5 Å². The molecule has 10 heteroatoms. The molecule has 1 amide bonds. The van der Waals surface area contributed by atoms with Crippen molar-refractivity contribution in [1.29, 1.82) is 0 Å². The molecule has 0 saturated carbocycles. The highest BCUT2D eigenvalue weighted by atomic mass is 79.9. The van der Waals surface area contributed by atoms with Gasteiger partial charge in [0.15, 0.2) is 6.04 Å². The minimum atomic E-state index is -4.05. The van der Waals surface area contributed by atoms with Gasteiger partial charge in [0.25, 0.3) is 10.0 Å². The first kappa shape index (κ1) is 23.3. The Bertz CT molecular complexity index is 1220. The number of benzene rings is 2. The first-order chi connectivity index (χ1) is 15.7. The first-order valence-corrected chi connectivity index (χ1v) is 12.7. The van der Waals surface area contributed by atoms with Crippen LogP contribution in [0.25, 0.3) is 0 Å². The molecule has 2 heterocycles. The van der Waals surface area contributed by atoms with Gasteiger partial charge in [0.1, 0.15) is 0 Å². The van der Waals surface area contributed by atoms with E-state index in [-0.39, 0.29) is 23.7 Å². The Morgan fingerprint density at radius 3 is 2.33 bits per heavy atom. The van der Waals surface area contributed by atoms with Crippen molar-refractivity contribution in [1.82, 2.24) is 4.90 Å². The van der Waals surface area contributed by atoms with Crippen LogP contribution in [0.3, 0.4) is 0 Å². The van der Waals surface area contributed by atoms with Crippen LogP contribution in [0, 0.1) is 0 Å². The molecular formula is C23H23BrN2O6S. The van der Waals surface area contributed by atoms with E-state index in [0.29, 0.717) is 15.7 Å². The number of amides is 1. The maximum Gasteiger partial charge on any atom is 0.411 e. The maximum absolute atomic E-state index is 13.8. The van der Waals surface area contributed by atoms with Crippen molar-refractivity contribution < 1.29 is 27.5 Å². The lowest BCUT2D eigenvalue weighted by molar-refractivity contribution is -0.147. The van der Waals surface area contributed by atoms with E-state index in [1.165, 1.54) is 21.3 Å². The summed E-state index contributed by atoms with van der Waals surface area (Å²) in [6.07, 6.45) is -0.742. The van der Waals surface area contributed by atoms with Gasteiger partial charge in [-0.25, -0.2) is 18.0 Å². The smallest absolute Gasteiger partial charge is 0.411 e. The number of hydrogen-bond donors (Lipinski definition) is 0. The summed E-state index contributed by atoms with van der Waals surface area (Å²) in [6.45, 7) is 7.57. The molecule has 0 N–H and O–H groups in total. The zero-order chi connectivity index (χ0) is 23.9. The van der Waals surface area contributed by atoms with Crippen LogP contribution >= 0.6 is 15.9 Å². The summed E-state index contributed by atoms with van der Waals surface area (Å²) in [5.74, 6) is -0.682. The van der Waals surface area contributed by atoms with E-state index in [1.54, 1.807) is 50.2 Å². The van der Waals surface area contributed by atoms with Crippen LogP contribution in [0.1, 0.15) is 25.5 Å². The number of nitrogens with zero attached hydrogens (tertiary/aromatic N) is 2. The number of rotatable bonds is 5. The number of carbonyl (C=O) groups is 2. The topological polar surface area (TPSA) is 93.2 Å². The Hall–Kier alpha value is -2.85. The average Bonchev–Trinajstić information content (AvgIpc) is 3.27. The maximum atomic E-state index is 13.8. The molecule has 1 fully saturated rings. The molecule has 2 aromatic carbocycles. The van der Waals surface area contributed by atoms with E-state index < -0.39 is 40.2 Å². The fourth-order valence-corrected chi connectivity index (χ4v) is 6.54. The second-order valence-electron chi connectivity index (χ2n) is 7.54. The Morgan fingerprint density at radius 1 is 1.03 bits per heavy atom. The van der Waals surface area contributed by atoms with E-state index in [9.17, 15) is 18.0 Å². The third kappa shape index (κ3) is 3.71. The number of carbonyl (C=O) groups excluding carboxylic acids is 2. The fourth-order valence-electron chi connectivity index (χ4n) is 4.46. The lowest BCUT2D eigenvalue weighted by Crippen LogP contribution is -2.43. The van der Waals surface area contributed by atoms with Gasteiger partial charge in [0.2, 0.25) is 0 Å². The summed E-state index contributed by atoms with van der Waals surface area (Å²) < 4.78 is 40.0. The number of likely N-dealkylation sites (tertiary alicyclic amines) is 1. The molecule has 0 bridgehead atoms. The molecule has 0 radical (unpaired) electrons. The predicted molar refractivity (Wildman–Crippen MR) is 125 cm³/mol. The molecule has 4 rings (SSSR count). The van der Waals surface area contributed by atoms with E-state index in [2.05, 4.69) is 22.5 Å². The lowest BCUT2D eigenvalue weighted by Gasteiger charge is -2.27. The average molecular weight is 535 g/mol. The molecule has 0 aromatic heterocycles. The van der Waals surface area contributed by atoms with Crippen molar-refractivity contribution >= 4 is 43.7 Å². The molecule has 3 atom stereocenters. The number of sulfonamides is 1. The molecule has 0 aliphatic carbocycles. The Morgan fingerprint density at radius 2 is 1.70 bits per heavy atom. The van der Waals surface area contributed by atoms with Crippen LogP contribution in [-0.4, -0.2) is 50.7 Å². The zero-order valence-electron chi connectivity index (χ0n) is 18.1. The quantitative estimate of drug-likeness (QED) is 0.424. The number of halogens is 1. The lowest BCUT2D eigenvalue weighted by atomic mass is 10.0. The summed E-state index contributed by atoms with van der Waals surface area (Å²) >= 11 is 3.43. The van der Waals surface area contributed by atoms with Crippen molar-refractivity contribution in [2.45, 2.75) is 36.9 Å². The Labute approximate surface area is 200 Å². The molecule has 1 saturated heterocycles. The van der Waals surface area contributed by atoms with Crippen LogP contribution < -0.4 is 4.31 Å². The van der Waals surface area contributed by atoms with Gasteiger partial charge in [0.05, 0.1) is 35.9 Å². The van der Waals surface area contributed by atoms with Crippen LogP contribution in [-0.2, 0) is 24.3 Å². The van der Waals surface area contributed by atoms with Crippen molar-refractivity contribution in [3.8, 4) is 0 Å². The molecule has 33 heavy (non-hydrogen) atoms. The number of anilines is 1. The molecule has 2 aromatic rings. The number of esters is 1. The molecular weight excluding hydrogens is 512 g/mol. The van der Waals surface area contributed by atoms with Crippen molar-refractivity contribution in [2.24, 2.45) is 0 Å². The molecule has 174 valence electrons. The Balaban J connectivity index is 1.94. The largest absolute Gasteiger partial charge is 0.464 e. The minimum Gasteiger partial charge on any atom is -0.464 e. The highest BCUT2D eigenvalue weighted by molar-refractivity contribution is 9.10. The summed E-state index contributed by atoms with van der Waals surface area (Å²) in [4.78, 5) is 27.3. The predicted octanol–water partition coefficient (Wildman–Crippen LogP) is 4.03. The SMILES string of the molecule is C=C1C(C(=O)OCC)N(C(=O)OCC)[C@H]2c3cc(Br)ccc3N(S(=O)(=O)c3ccccc3)[C@@H]12. The standard InChI is InChI=1S/C23H23BrN2O6S/c1-4-31-22(27)20-14(3)19-21(25(20)23(28)32-5-2)17-13-15(24)11-12-18(17)26(19)33(29,30)16-9-7-6-8-10-16/h6-13,19-21H,3-5H2,1-2H3/t19-,20?,21-/m0/s1. The van der Waals surface area contributed by atoms with Gasteiger partial charge in [-0.3, -0.25) is 9.21 Å². The van der Waals surface area contributed by atoms with Crippen molar-refractivity contribution in [3.05, 3.63) is 70.7 Å². The normalized spacial score (nSPS) is 21.5. The first-order valence-electron chi connectivity index (χ1n) is 10.4. The zero-order valence-corrected chi connectivity index (χ0v) is 20.5. The van der Waals surface area contributed by atoms with E-state index in [0.717, 1.165) is 0 Å². The van der Waals surface area contributed by atoms with Gasteiger partial charge >= 0.3 is 12.1 Å². The van der Waals surface area contributed by atoms with Crippen LogP contribution in [0.2, 0.25) is 0 Å². The third-order valence-electron chi connectivity index (χ3n) is 5.69. The van der Waals surface area contributed by atoms with Crippen LogP contribution in [0.15, 0.2) is 70.1 Å². The third-order valence-corrected chi connectivity index (χ3v) is 8.00. The Kier molecular flexibility index (Phi) is 6.24.